The van der Waals surface area contributed by atoms with Crippen molar-refractivity contribution in [3.05, 3.63) is 60.7 Å². The number of carbonyl (C=O) groups is 3. The molecule has 0 fully saturated rings. The predicted octanol–water partition coefficient (Wildman–Crippen LogP) is 4.98. The number of aromatic nitrogens is 3. The first-order valence-electron chi connectivity index (χ1n) is 11.8. The molecule has 39 heavy (non-hydrogen) atoms. The van der Waals surface area contributed by atoms with Crippen LogP contribution in [-0.4, -0.2) is 89.4 Å². The molecular weight excluding hydrogens is 520 g/mol. The summed E-state index contributed by atoms with van der Waals surface area (Å²) in [6.45, 7) is 0. The molecule has 0 aliphatic carbocycles. The lowest BCUT2D eigenvalue weighted by Crippen LogP contribution is -2.26. The van der Waals surface area contributed by atoms with Crippen LogP contribution in [0.5, 0.6) is 11.5 Å². The molecule has 0 unspecified atom stereocenters. The zero-order valence-electron chi connectivity index (χ0n) is 22.4. The number of hydrogen-bond acceptors (Lipinski definition) is 8. The van der Waals surface area contributed by atoms with E-state index in [0.29, 0.717) is 16.4 Å². The molecule has 3 aromatic carbocycles. The van der Waals surface area contributed by atoms with Gasteiger partial charge in [-0.15, -0.1) is 5.10 Å². The summed E-state index contributed by atoms with van der Waals surface area (Å²) in [5.41, 5.74) is 1.67. The van der Waals surface area contributed by atoms with E-state index in [-0.39, 0.29) is 16.7 Å². The van der Waals surface area contributed by atoms with Gasteiger partial charge in [-0.05, 0) is 34.7 Å². The highest BCUT2D eigenvalue weighted by atomic mass is 32.2. The van der Waals surface area contributed by atoms with Gasteiger partial charge in [-0.3, -0.25) is 4.79 Å². The number of benzene rings is 3. The molecule has 0 radical (unpaired) electrons. The van der Waals surface area contributed by atoms with Gasteiger partial charge in [-0.2, -0.15) is 0 Å². The largest absolute Gasteiger partial charge is 0.414 e. The fourth-order valence-corrected chi connectivity index (χ4v) is 4.25. The van der Waals surface area contributed by atoms with Crippen molar-refractivity contribution >= 4 is 40.0 Å². The Balaban J connectivity index is 1.94. The SMILES string of the molecule is CN(C)C(=O)Oc1ccc(-n2nnc(SC(=O)N(C)C)c2-c2cccc3ccccc23)c(OC(=O)N(C)C)c1. The summed E-state index contributed by atoms with van der Waals surface area (Å²) in [4.78, 5) is 41.4. The maximum Gasteiger partial charge on any atom is 0.414 e. The van der Waals surface area contributed by atoms with Crippen LogP contribution in [0, 0.1) is 0 Å². The van der Waals surface area contributed by atoms with Crippen LogP contribution in [0.1, 0.15) is 0 Å². The van der Waals surface area contributed by atoms with Gasteiger partial charge in [0.15, 0.2) is 10.8 Å². The van der Waals surface area contributed by atoms with Crippen molar-refractivity contribution in [2.24, 2.45) is 0 Å². The van der Waals surface area contributed by atoms with Crippen LogP contribution in [-0.2, 0) is 0 Å². The van der Waals surface area contributed by atoms with Crippen molar-refractivity contribution in [3.63, 3.8) is 0 Å². The quantitative estimate of drug-likeness (QED) is 0.321. The molecule has 0 saturated carbocycles. The second kappa shape index (κ2) is 11.4. The summed E-state index contributed by atoms with van der Waals surface area (Å²) in [5.74, 6) is 0.253. The van der Waals surface area contributed by atoms with Gasteiger partial charge in [0.1, 0.15) is 17.1 Å². The van der Waals surface area contributed by atoms with Gasteiger partial charge < -0.3 is 24.2 Å². The molecule has 0 aliphatic rings. The van der Waals surface area contributed by atoms with Crippen LogP contribution in [0.2, 0.25) is 0 Å². The zero-order valence-corrected chi connectivity index (χ0v) is 23.2. The highest BCUT2D eigenvalue weighted by molar-refractivity contribution is 8.13. The van der Waals surface area contributed by atoms with E-state index in [1.54, 1.807) is 54.4 Å². The molecule has 3 amide bonds. The van der Waals surface area contributed by atoms with E-state index in [0.717, 1.165) is 28.1 Å². The number of thioether (sulfide) groups is 1. The smallest absolute Gasteiger partial charge is 0.410 e. The van der Waals surface area contributed by atoms with Crippen molar-refractivity contribution in [1.29, 1.82) is 0 Å². The number of carbonyl (C=O) groups excluding carboxylic acids is 3. The van der Waals surface area contributed by atoms with Gasteiger partial charge in [0, 0.05) is 53.9 Å². The van der Waals surface area contributed by atoms with Gasteiger partial charge in [0.05, 0.1) is 0 Å². The predicted molar refractivity (Wildman–Crippen MR) is 149 cm³/mol. The van der Waals surface area contributed by atoms with Crippen molar-refractivity contribution in [2.75, 3.05) is 42.3 Å². The third-order valence-electron chi connectivity index (χ3n) is 5.53. The molecule has 4 rings (SSSR count). The molecule has 12 heteroatoms. The zero-order chi connectivity index (χ0) is 28.3. The van der Waals surface area contributed by atoms with Gasteiger partial charge >= 0.3 is 12.2 Å². The number of amides is 3. The van der Waals surface area contributed by atoms with Crippen molar-refractivity contribution in [1.82, 2.24) is 29.7 Å². The minimum Gasteiger partial charge on any atom is -0.410 e. The van der Waals surface area contributed by atoms with Gasteiger partial charge in [0.25, 0.3) is 5.24 Å². The van der Waals surface area contributed by atoms with Crippen LogP contribution in [0.3, 0.4) is 0 Å². The third-order valence-corrected chi connectivity index (χ3v) is 6.53. The first kappa shape index (κ1) is 27.5. The Morgan fingerprint density at radius 2 is 1.46 bits per heavy atom. The monoisotopic (exact) mass is 548 g/mol. The summed E-state index contributed by atoms with van der Waals surface area (Å²) in [6, 6.07) is 18.3. The molecule has 11 nitrogen and oxygen atoms in total. The van der Waals surface area contributed by atoms with Gasteiger partial charge in [-0.1, -0.05) is 47.7 Å². The van der Waals surface area contributed by atoms with E-state index in [2.05, 4.69) is 10.3 Å². The number of nitrogens with zero attached hydrogens (tertiary/aromatic N) is 6. The summed E-state index contributed by atoms with van der Waals surface area (Å²) >= 11 is 0.938. The Labute approximate surface area is 229 Å². The summed E-state index contributed by atoms with van der Waals surface area (Å²) in [7, 11) is 9.54. The minimum atomic E-state index is -0.642. The number of hydrogen-bond donors (Lipinski definition) is 0. The number of ether oxygens (including phenoxy) is 2. The van der Waals surface area contributed by atoms with Gasteiger partial charge in [0.2, 0.25) is 0 Å². The Bertz CT molecular complexity index is 1540. The summed E-state index contributed by atoms with van der Waals surface area (Å²) in [6.07, 6.45) is -1.23. The molecule has 4 aromatic rings. The Morgan fingerprint density at radius 1 is 0.795 bits per heavy atom. The fourth-order valence-electron chi connectivity index (χ4n) is 3.53. The Morgan fingerprint density at radius 3 is 2.15 bits per heavy atom. The van der Waals surface area contributed by atoms with Gasteiger partial charge in [-0.25, -0.2) is 14.3 Å². The van der Waals surface area contributed by atoms with Crippen LogP contribution in [0.15, 0.2) is 65.7 Å². The first-order chi connectivity index (χ1) is 18.6. The van der Waals surface area contributed by atoms with Crippen LogP contribution in [0.25, 0.3) is 27.7 Å². The van der Waals surface area contributed by atoms with Crippen LogP contribution < -0.4 is 9.47 Å². The van der Waals surface area contributed by atoms with Crippen molar-refractivity contribution in [3.8, 4) is 28.4 Å². The lowest BCUT2D eigenvalue weighted by molar-refractivity contribution is 0.170. The standard InChI is InChI=1S/C27H28N6O5S/c1-30(2)25(34)37-18-14-15-21(22(16-18)38-26(35)31(3)4)33-23(24(28-29-33)39-27(36)32(5)6)20-13-9-11-17-10-7-8-12-19(17)20/h7-16H,1-6H3. The van der Waals surface area contributed by atoms with E-state index >= 15 is 0 Å². The van der Waals surface area contributed by atoms with Crippen molar-refractivity contribution in [2.45, 2.75) is 5.03 Å². The fraction of sp³-hybridized carbons (Fsp3) is 0.222. The molecule has 1 aromatic heterocycles. The second-order valence-electron chi connectivity index (χ2n) is 9.10. The van der Waals surface area contributed by atoms with E-state index in [1.165, 1.54) is 25.4 Å². The normalized spacial score (nSPS) is 10.7. The lowest BCUT2D eigenvalue weighted by atomic mass is 10.0. The highest BCUT2D eigenvalue weighted by Crippen LogP contribution is 2.39. The van der Waals surface area contributed by atoms with E-state index in [1.807, 2.05) is 42.5 Å². The lowest BCUT2D eigenvalue weighted by Gasteiger charge is -2.17. The molecule has 0 N–H and O–H groups in total. The van der Waals surface area contributed by atoms with Crippen LogP contribution >= 0.6 is 11.8 Å². The molecule has 1 heterocycles. The highest BCUT2D eigenvalue weighted by Gasteiger charge is 2.25. The second-order valence-corrected chi connectivity index (χ2v) is 10.0. The van der Waals surface area contributed by atoms with E-state index in [4.69, 9.17) is 9.47 Å². The average molecular weight is 549 g/mol. The van der Waals surface area contributed by atoms with E-state index in [9.17, 15) is 14.4 Å². The molecular formula is C27H28N6O5S. The maximum absolute atomic E-state index is 12.7. The molecule has 0 spiro atoms. The first-order valence-corrected chi connectivity index (χ1v) is 12.6. The minimum absolute atomic E-state index is 0.0830. The maximum atomic E-state index is 12.7. The topological polar surface area (TPSA) is 110 Å². The summed E-state index contributed by atoms with van der Waals surface area (Å²) < 4.78 is 12.6. The molecule has 0 atom stereocenters. The molecule has 0 bridgehead atoms. The number of fused-ring (bicyclic) bond motifs is 1. The molecule has 0 aliphatic heterocycles. The van der Waals surface area contributed by atoms with Crippen LogP contribution in [0.4, 0.5) is 14.4 Å². The van der Waals surface area contributed by atoms with Crippen molar-refractivity contribution < 1.29 is 23.9 Å². The number of rotatable bonds is 5. The average Bonchev–Trinajstić information content (AvgIpc) is 3.31. The Hall–Kier alpha value is -4.58. The molecule has 0 saturated heterocycles. The summed E-state index contributed by atoms with van der Waals surface area (Å²) in [5, 5.41) is 10.8. The molecule has 202 valence electrons. The third kappa shape index (κ3) is 5.96. The van der Waals surface area contributed by atoms with E-state index < -0.39 is 12.2 Å². The Kier molecular flexibility index (Phi) is 8.05.